The molecule has 144 valence electrons. The van der Waals surface area contributed by atoms with E-state index in [0.29, 0.717) is 23.8 Å². The van der Waals surface area contributed by atoms with E-state index in [-0.39, 0.29) is 18.4 Å². The lowest BCUT2D eigenvalue weighted by molar-refractivity contribution is -0.116. The molecule has 0 atom stereocenters. The van der Waals surface area contributed by atoms with E-state index in [0.717, 1.165) is 16.8 Å². The molecule has 0 saturated heterocycles. The first-order valence-corrected chi connectivity index (χ1v) is 9.12. The third-order valence-corrected chi connectivity index (χ3v) is 4.27. The molecule has 5 nitrogen and oxygen atoms in total. The van der Waals surface area contributed by atoms with Crippen LogP contribution in [0.2, 0.25) is 0 Å². The van der Waals surface area contributed by atoms with Gasteiger partial charge in [-0.15, -0.1) is 0 Å². The summed E-state index contributed by atoms with van der Waals surface area (Å²) in [6.07, 6.45) is 0. The van der Waals surface area contributed by atoms with Gasteiger partial charge in [-0.05, 0) is 55.2 Å². The van der Waals surface area contributed by atoms with Crippen molar-refractivity contribution in [2.24, 2.45) is 5.92 Å². The summed E-state index contributed by atoms with van der Waals surface area (Å²) in [5.41, 5.74) is 3.40. The molecule has 1 N–H and O–H groups in total. The number of carbonyl (C=O) groups is 2. The molecule has 2 aromatic rings. The quantitative estimate of drug-likeness (QED) is 0.802. The van der Waals surface area contributed by atoms with E-state index in [9.17, 15) is 9.59 Å². The number of benzene rings is 2. The summed E-state index contributed by atoms with van der Waals surface area (Å²) in [4.78, 5) is 26.4. The standard InChI is InChI=1S/C22H28N2O3/c1-15(2)14-27-19-10-7-9-18(12-19)22(26)24(5)13-21(25)23-20-11-6-8-16(3)17(20)4/h6-12,15H,13-14H2,1-5H3,(H,23,25). The Morgan fingerprint density at radius 1 is 1.11 bits per heavy atom. The largest absolute Gasteiger partial charge is 0.493 e. The van der Waals surface area contributed by atoms with Gasteiger partial charge in [-0.1, -0.05) is 32.0 Å². The molecule has 0 bridgehead atoms. The molecular weight excluding hydrogens is 340 g/mol. The summed E-state index contributed by atoms with van der Waals surface area (Å²) in [5.74, 6) is 0.608. The molecule has 0 aromatic heterocycles. The Kier molecular flexibility index (Phi) is 6.99. The van der Waals surface area contributed by atoms with E-state index in [1.54, 1.807) is 25.2 Å². The van der Waals surface area contributed by atoms with Crippen molar-refractivity contribution in [1.82, 2.24) is 4.90 Å². The molecule has 27 heavy (non-hydrogen) atoms. The van der Waals surface area contributed by atoms with Crippen molar-refractivity contribution in [2.75, 3.05) is 25.5 Å². The van der Waals surface area contributed by atoms with E-state index >= 15 is 0 Å². The molecule has 2 aromatic carbocycles. The number of ether oxygens (including phenoxy) is 1. The van der Waals surface area contributed by atoms with E-state index in [1.165, 1.54) is 4.90 Å². The van der Waals surface area contributed by atoms with Crippen LogP contribution in [0.3, 0.4) is 0 Å². The van der Waals surface area contributed by atoms with Crippen molar-refractivity contribution in [1.29, 1.82) is 0 Å². The van der Waals surface area contributed by atoms with Crippen molar-refractivity contribution in [3.63, 3.8) is 0 Å². The van der Waals surface area contributed by atoms with Crippen LogP contribution in [0.15, 0.2) is 42.5 Å². The molecule has 0 radical (unpaired) electrons. The maximum atomic E-state index is 12.6. The van der Waals surface area contributed by atoms with Gasteiger partial charge in [0.1, 0.15) is 5.75 Å². The molecular formula is C22H28N2O3. The average Bonchev–Trinajstić information content (AvgIpc) is 2.63. The topological polar surface area (TPSA) is 58.6 Å². The number of rotatable bonds is 7. The van der Waals surface area contributed by atoms with Crippen LogP contribution in [0.1, 0.15) is 35.3 Å². The van der Waals surface area contributed by atoms with Crippen LogP contribution < -0.4 is 10.1 Å². The SMILES string of the molecule is Cc1cccc(NC(=O)CN(C)C(=O)c2cccc(OCC(C)C)c2)c1C. The van der Waals surface area contributed by atoms with Gasteiger partial charge in [-0.2, -0.15) is 0 Å². The van der Waals surface area contributed by atoms with Crippen LogP contribution in [0, 0.1) is 19.8 Å². The van der Waals surface area contributed by atoms with Crippen molar-refractivity contribution < 1.29 is 14.3 Å². The monoisotopic (exact) mass is 368 g/mol. The molecule has 0 spiro atoms. The van der Waals surface area contributed by atoms with Gasteiger partial charge in [0.2, 0.25) is 5.91 Å². The number of aryl methyl sites for hydroxylation is 1. The Labute approximate surface area is 161 Å². The zero-order valence-electron chi connectivity index (χ0n) is 16.7. The summed E-state index contributed by atoms with van der Waals surface area (Å²) in [5, 5.41) is 2.87. The van der Waals surface area contributed by atoms with Gasteiger partial charge in [0.05, 0.1) is 13.2 Å². The zero-order chi connectivity index (χ0) is 20.0. The maximum Gasteiger partial charge on any atom is 0.254 e. The van der Waals surface area contributed by atoms with E-state index < -0.39 is 0 Å². The number of hydrogen-bond acceptors (Lipinski definition) is 3. The normalized spacial score (nSPS) is 10.6. The lowest BCUT2D eigenvalue weighted by Gasteiger charge is -2.18. The van der Waals surface area contributed by atoms with Gasteiger partial charge in [0, 0.05) is 18.3 Å². The Balaban J connectivity index is 1.99. The number of likely N-dealkylation sites (N-methyl/N-ethyl adjacent to an activating group) is 1. The molecule has 0 aliphatic rings. The summed E-state index contributed by atoms with van der Waals surface area (Å²) >= 11 is 0. The van der Waals surface area contributed by atoms with E-state index in [4.69, 9.17) is 4.74 Å². The second-order valence-electron chi connectivity index (χ2n) is 7.19. The zero-order valence-corrected chi connectivity index (χ0v) is 16.7. The Hall–Kier alpha value is -2.82. The number of nitrogens with one attached hydrogen (secondary N) is 1. The van der Waals surface area contributed by atoms with Crippen molar-refractivity contribution in [3.8, 4) is 5.75 Å². The van der Waals surface area contributed by atoms with Gasteiger partial charge in [-0.25, -0.2) is 0 Å². The second kappa shape index (κ2) is 9.21. The number of hydrogen-bond donors (Lipinski definition) is 1. The summed E-state index contributed by atoms with van der Waals surface area (Å²) < 4.78 is 5.67. The lowest BCUT2D eigenvalue weighted by atomic mass is 10.1. The molecule has 2 amide bonds. The van der Waals surface area contributed by atoms with Crippen molar-refractivity contribution in [2.45, 2.75) is 27.7 Å². The highest BCUT2D eigenvalue weighted by Gasteiger charge is 2.16. The highest BCUT2D eigenvalue weighted by molar-refractivity contribution is 5.99. The molecule has 5 heteroatoms. The third kappa shape index (κ3) is 5.84. The fourth-order valence-corrected chi connectivity index (χ4v) is 2.57. The Morgan fingerprint density at radius 2 is 1.81 bits per heavy atom. The van der Waals surface area contributed by atoms with Gasteiger partial charge in [-0.3, -0.25) is 9.59 Å². The number of carbonyl (C=O) groups excluding carboxylic acids is 2. The van der Waals surface area contributed by atoms with Crippen LogP contribution in [0.25, 0.3) is 0 Å². The van der Waals surface area contributed by atoms with E-state index in [1.807, 2.05) is 38.1 Å². The fraction of sp³-hybridized carbons (Fsp3) is 0.364. The van der Waals surface area contributed by atoms with E-state index in [2.05, 4.69) is 19.2 Å². The first-order valence-electron chi connectivity index (χ1n) is 9.12. The fourth-order valence-electron chi connectivity index (χ4n) is 2.57. The van der Waals surface area contributed by atoms with Gasteiger partial charge in [0.25, 0.3) is 5.91 Å². The Morgan fingerprint density at radius 3 is 2.52 bits per heavy atom. The molecule has 0 fully saturated rings. The van der Waals surface area contributed by atoms with Gasteiger partial charge >= 0.3 is 0 Å². The minimum absolute atomic E-state index is 0.0245. The third-order valence-electron chi connectivity index (χ3n) is 4.27. The molecule has 0 saturated carbocycles. The number of nitrogens with zero attached hydrogens (tertiary/aromatic N) is 1. The summed E-state index contributed by atoms with van der Waals surface area (Å²) in [7, 11) is 1.62. The van der Waals surface area contributed by atoms with Crippen LogP contribution in [0.5, 0.6) is 5.75 Å². The molecule has 0 unspecified atom stereocenters. The molecule has 2 rings (SSSR count). The lowest BCUT2D eigenvalue weighted by Crippen LogP contribution is -2.35. The predicted molar refractivity (Wildman–Crippen MR) is 108 cm³/mol. The summed E-state index contributed by atoms with van der Waals surface area (Å²) in [6, 6.07) is 12.8. The average molecular weight is 368 g/mol. The smallest absolute Gasteiger partial charge is 0.254 e. The highest BCUT2D eigenvalue weighted by atomic mass is 16.5. The molecule has 0 heterocycles. The van der Waals surface area contributed by atoms with Crippen molar-refractivity contribution >= 4 is 17.5 Å². The number of amides is 2. The van der Waals surface area contributed by atoms with Gasteiger partial charge < -0.3 is 15.0 Å². The van der Waals surface area contributed by atoms with Crippen LogP contribution >= 0.6 is 0 Å². The van der Waals surface area contributed by atoms with Crippen LogP contribution in [-0.2, 0) is 4.79 Å². The predicted octanol–water partition coefficient (Wildman–Crippen LogP) is 4.05. The first kappa shape index (κ1) is 20.5. The maximum absolute atomic E-state index is 12.6. The minimum atomic E-state index is -0.230. The highest BCUT2D eigenvalue weighted by Crippen LogP contribution is 2.18. The molecule has 0 aliphatic heterocycles. The molecule has 0 aliphatic carbocycles. The Bertz CT molecular complexity index is 815. The first-order chi connectivity index (χ1) is 12.8. The van der Waals surface area contributed by atoms with Crippen LogP contribution in [0.4, 0.5) is 5.69 Å². The second-order valence-corrected chi connectivity index (χ2v) is 7.19. The van der Waals surface area contributed by atoms with Crippen molar-refractivity contribution in [3.05, 3.63) is 59.2 Å². The number of anilines is 1. The van der Waals surface area contributed by atoms with Crippen LogP contribution in [-0.4, -0.2) is 36.9 Å². The van der Waals surface area contributed by atoms with Gasteiger partial charge in [0.15, 0.2) is 0 Å². The minimum Gasteiger partial charge on any atom is -0.493 e. The summed E-state index contributed by atoms with van der Waals surface area (Å²) in [6.45, 7) is 8.65.